The zero-order valence-electron chi connectivity index (χ0n) is 15.2. The van der Waals surface area contributed by atoms with Gasteiger partial charge in [0.25, 0.3) is 5.91 Å². The van der Waals surface area contributed by atoms with Crippen molar-refractivity contribution in [2.45, 2.75) is 19.2 Å². The molecule has 3 nitrogen and oxygen atoms in total. The molecule has 0 bridgehead atoms. The number of carbonyl (C=O) groups excluding carboxylic acids is 1. The summed E-state index contributed by atoms with van der Waals surface area (Å²) >= 11 is 0. The van der Waals surface area contributed by atoms with Crippen LogP contribution in [-0.2, 0) is 17.1 Å². The maximum atomic E-state index is 13.3. The highest BCUT2D eigenvalue weighted by molar-refractivity contribution is 6.22. The summed E-state index contributed by atoms with van der Waals surface area (Å²) < 4.78 is 0. The molecule has 1 unspecified atom stereocenters. The Morgan fingerprint density at radius 1 is 0.852 bits per heavy atom. The average molecular weight is 355 g/mol. The predicted molar refractivity (Wildman–Crippen MR) is 106 cm³/mol. The number of aliphatic hydroxyl groups is 1. The van der Waals surface area contributed by atoms with Crippen molar-refractivity contribution in [1.29, 1.82) is 0 Å². The van der Waals surface area contributed by atoms with E-state index in [1.54, 1.807) is 6.08 Å². The fraction of sp³-hybridized carbons (Fsp3) is 0.125. The van der Waals surface area contributed by atoms with Gasteiger partial charge in [-0.2, -0.15) is 0 Å². The maximum Gasteiger partial charge on any atom is 0.257 e. The molecule has 27 heavy (non-hydrogen) atoms. The van der Waals surface area contributed by atoms with Crippen LogP contribution in [0.4, 0.5) is 0 Å². The minimum Gasteiger partial charge on any atom is -0.363 e. The molecule has 1 amide bonds. The molecule has 1 N–H and O–H groups in total. The Bertz CT molecular complexity index is 978. The van der Waals surface area contributed by atoms with Gasteiger partial charge in [0, 0.05) is 17.7 Å². The molecule has 0 saturated carbocycles. The van der Waals surface area contributed by atoms with Gasteiger partial charge in [-0.05, 0) is 24.1 Å². The van der Waals surface area contributed by atoms with Crippen LogP contribution in [0, 0.1) is 6.92 Å². The molecule has 1 aliphatic heterocycles. The molecule has 0 spiro atoms. The summed E-state index contributed by atoms with van der Waals surface area (Å²) in [5.41, 5.74) is 2.61. The Hall–Kier alpha value is -3.17. The zero-order chi connectivity index (χ0) is 18.9. The van der Waals surface area contributed by atoms with Crippen molar-refractivity contribution in [2.75, 3.05) is 0 Å². The fourth-order valence-electron chi connectivity index (χ4n) is 3.46. The average Bonchev–Trinajstić information content (AvgIpc) is 2.96. The van der Waals surface area contributed by atoms with E-state index in [-0.39, 0.29) is 5.91 Å². The highest BCUT2D eigenvalue weighted by atomic mass is 16.3. The summed E-state index contributed by atoms with van der Waals surface area (Å²) in [4.78, 5) is 14.8. The molecule has 0 aliphatic carbocycles. The number of hydrogen-bond donors (Lipinski definition) is 1. The van der Waals surface area contributed by atoms with Crippen LogP contribution in [-0.4, -0.2) is 15.9 Å². The van der Waals surface area contributed by atoms with Crippen molar-refractivity contribution < 1.29 is 9.90 Å². The normalized spacial score (nSPS) is 19.3. The summed E-state index contributed by atoms with van der Waals surface area (Å²) in [5, 5.41) is 11.6. The van der Waals surface area contributed by atoms with Gasteiger partial charge in [0.05, 0.1) is 0 Å². The molecule has 1 aliphatic rings. The Labute approximate surface area is 159 Å². The summed E-state index contributed by atoms with van der Waals surface area (Å²) in [5.74, 6) is -0.173. The van der Waals surface area contributed by atoms with Crippen molar-refractivity contribution >= 4 is 11.5 Å². The van der Waals surface area contributed by atoms with E-state index in [1.807, 2.05) is 91.9 Å². The number of benzene rings is 3. The third kappa shape index (κ3) is 3.18. The van der Waals surface area contributed by atoms with E-state index in [9.17, 15) is 9.90 Å². The molecular formula is C24H21NO2. The van der Waals surface area contributed by atoms with Gasteiger partial charge >= 0.3 is 0 Å². The molecule has 3 aromatic carbocycles. The molecule has 3 heteroatoms. The lowest BCUT2D eigenvalue weighted by molar-refractivity contribution is -0.143. The zero-order valence-corrected chi connectivity index (χ0v) is 15.2. The first-order valence-electron chi connectivity index (χ1n) is 9.01. The van der Waals surface area contributed by atoms with Crippen LogP contribution in [0.2, 0.25) is 0 Å². The van der Waals surface area contributed by atoms with Gasteiger partial charge in [0.15, 0.2) is 5.72 Å². The molecule has 3 aromatic rings. The number of rotatable bonds is 4. The quantitative estimate of drug-likeness (QED) is 0.759. The van der Waals surface area contributed by atoms with Crippen LogP contribution in [0.5, 0.6) is 0 Å². The van der Waals surface area contributed by atoms with Crippen molar-refractivity contribution in [3.8, 4) is 0 Å². The summed E-state index contributed by atoms with van der Waals surface area (Å²) in [6.45, 7) is 2.33. The van der Waals surface area contributed by atoms with Crippen molar-refractivity contribution in [1.82, 2.24) is 4.90 Å². The Morgan fingerprint density at radius 3 is 2.07 bits per heavy atom. The summed E-state index contributed by atoms with van der Waals surface area (Å²) in [7, 11) is 0. The minimum atomic E-state index is -1.48. The lowest BCUT2D eigenvalue weighted by Gasteiger charge is -2.33. The Morgan fingerprint density at radius 2 is 1.44 bits per heavy atom. The van der Waals surface area contributed by atoms with Gasteiger partial charge in [0.1, 0.15) is 0 Å². The standard InChI is InChI=1S/C24H21NO2/c1-18-12-14-21(15-13-18)24(27)16-22(20-10-6-3-7-11-20)23(26)25(24)17-19-8-4-2-5-9-19/h2-16,27H,17H2,1H3. The van der Waals surface area contributed by atoms with Crippen LogP contribution in [0.25, 0.3) is 5.57 Å². The topological polar surface area (TPSA) is 40.5 Å². The maximum absolute atomic E-state index is 13.3. The first-order valence-corrected chi connectivity index (χ1v) is 9.01. The first kappa shape index (κ1) is 17.3. The van der Waals surface area contributed by atoms with E-state index >= 15 is 0 Å². The largest absolute Gasteiger partial charge is 0.363 e. The van der Waals surface area contributed by atoms with Crippen molar-refractivity contribution in [3.63, 3.8) is 0 Å². The predicted octanol–water partition coefficient (Wildman–Crippen LogP) is 4.27. The highest BCUT2D eigenvalue weighted by Crippen LogP contribution is 2.40. The third-order valence-electron chi connectivity index (χ3n) is 4.98. The van der Waals surface area contributed by atoms with Crippen LogP contribution in [0.1, 0.15) is 22.3 Å². The van der Waals surface area contributed by atoms with E-state index in [4.69, 9.17) is 0 Å². The number of aryl methyl sites for hydroxylation is 1. The van der Waals surface area contributed by atoms with Gasteiger partial charge in [-0.15, -0.1) is 0 Å². The Kier molecular flexibility index (Phi) is 4.38. The summed E-state index contributed by atoms with van der Waals surface area (Å²) in [6.07, 6.45) is 1.68. The Balaban J connectivity index is 1.80. The smallest absolute Gasteiger partial charge is 0.257 e. The van der Waals surface area contributed by atoms with Crippen LogP contribution in [0.3, 0.4) is 0 Å². The van der Waals surface area contributed by atoms with Gasteiger partial charge in [-0.3, -0.25) is 9.69 Å². The minimum absolute atomic E-state index is 0.173. The van der Waals surface area contributed by atoms with Crippen LogP contribution in [0.15, 0.2) is 91.0 Å². The first-order chi connectivity index (χ1) is 13.1. The van der Waals surface area contributed by atoms with Crippen molar-refractivity contribution in [2.24, 2.45) is 0 Å². The molecule has 4 rings (SSSR count). The second-order valence-electron chi connectivity index (χ2n) is 6.89. The lowest BCUT2D eigenvalue weighted by atomic mass is 9.99. The fourth-order valence-corrected chi connectivity index (χ4v) is 3.46. The van der Waals surface area contributed by atoms with Gasteiger partial charge in [0.2, 0.25) is 0 Å². The summed E-state index contributed by atoms with van der Waals surface area (Å²) in [6, 6.07) is 26.9. The molecule has 0 aromatic heterocycles. The van der Waals surface area contributed by atoms with Gasteiger partial charge < -0.3 is 5.11 Å². The molecule has 1 heterocycles. The second kappa shape index (κ2) is 6.86. The molecule has 0 fully saturated rings. The number of amides is 1. The number of nitrogens with zero attached hydrogens (tertiary/aromatic N) is 1. The highest BCUT2D eigenvalue weighted by Gasteiger charge is 2.45. The van der Waals surface area contributed by atoms with E-state index in [0.29, 0.717) is 17.7 Å². The monoisotopic (exact) mass is 355 g/mol. The third-order valence-corrected chi connectivity index (χ3v) is 4.98. The molecule has 0 saturated heterocycles. The number of carbonyl (C=O) groups is 1. The molecule has 1 atom stereocenters. The molecule has 0 radical (unpaired) electrons. The number of hydrogen-bond acceptors (Lipinski definition) is 2. The van der Waals surface area contributed by atoms with E-state index < -0.39 is 5.72 Å². The van der Waals surface area contributed by atoms with Crippen molar-refractivity contribution in [3.05, 3.63) is 113 Å². The van der Waals surface area contributed by atoms with Gasteiger partial charge in [-0.25, -0.2) is 0 Å². The van der Waals surface area contributed by atoms with E-state index in [2.05, 4.69) is 0 Å². The van der Waals surface area contributed by atoms with E-state index in [0.717, 1.165) is 16.7 Å². The molecular weight excluding hydrogens is 334 g/mol. The van der Waals surface area contributed by atoms with Gasteiger partial charge in [-0.1, -0.05) is 90.5 Å². The SMILES string of the molecule is Cc1ccc(C2(O)C=C(c3ccccc3)C(=O)N2Cc2ccccc2)cc1. The van der Waals surface area contributed by atoms with E-state index in [1.165, 1.54) is 4.90 Å². The lowest BCUT2D eigenvalue weighted by Crippen LogP contribution is -2.43. The molecule has 134 valence electrons. The second-order valence-corrected chi connectivity index (χ2v) is 6.89. The van der Waals surface area contributed by atoms with Crippen LogP contribution < -0.4 is 0 Å². The van der Waals surface area contributed by atoms with Crippen LogP contribution >= 0.6 is 0 Å².